The summed E-state index contributed by atoms with van der Waals surface area (Å²) in [6.07, 6.45) is 8.28. The molecule has 0 spiro atoms. The molecule has 1 aliphatic carbocycles. The van der Waals surface area contributed by atoms with E-state index in [0.717, 1.165) is 17.9 Å². The zero-order valence-electron chi connectivity index (χ0n) is 12.0. The van der Waals surface area contributed by atoms with Gasteiger partial charge in [0.05, 0.1) is 6.04 Å². The predicted octanol–water partition coefficient (Wildman–Crippen LogP) is 4.44. The molecule has 1 saturated carbocycles. The molecular weight excluding hydrogens is 270 g/mol. The summed E-state index contributed by atoms with van der Waals surface area (Å²) in [5.41, 5.74) is 1.08. The minimum atomic E-state index is -0.0725. The Bertz CT molecular complexity index is 401. The van der Waals surface area contributed by atoms with Crippen molar-refractivity contribution in [3.05, 3.63) is 35.9 Å². The molecule has 0 saturated heterocycles. The summed E-state index contributed by atoms with van der Waals surface area (Å²) in [5, 5.41) is 3.05. The number of carbonyl (C=O) groups excluding carboxylic acids is 1. The zero-order chi connectivity index (χ0) is 14.2. The lowest BCUT2D eigenvalue weighted by atomic mass is 9.86. The molecule has 0 aliphatic heterocycles. The molecule has 0 bridgehead atoms. The molecule has 0 radical (unpaired) electrons. The van der Waals surface area contributed by atoms with Crippen LogP contribution < -0.4 is 5.32 Å². The molecule has 110 valence electrons. The molecule has 1 aromatic carbocycles. The quantitative estimate of drug-likeness (QED) is 0.772. The van der Waals surface area contributed by atoms with Gasteiger partial charge in [-0.05, 0) is 17.9 Å². The van der Waals surface area contributed by atoms with Gasteiger partial charge in [0.2, 0.25) is 5.91 Å². The van der Waals surface area contributed by atoms with E-state index in [1.165, 1.54) is 32.1 Å². The van der Waals surface area contributed by atoms with E-state index in [1.807, 2.05) is 30.3 Å². The van der Waals surface area contributed by atoms with Crippen molar-refractivity contribution in [1.82, 2.24) is 5.32 Å². The van der Waals surface area contributed by atoms with Crippen LogP contribution in [-0.4, -0.2) is 11.8 Å². The minimum Gasteiger partial charge on any atom is -0.348 e. The number of amides is 1. The van der Waals surface area contributed by atoms with E-state index in [1.54, 1.807) is 0 Å². The summed E-state index contributed by atoms with van der Waals surface area (Å²) >= 11 is 5.98. The molecule has 2 nitrogen and oxygen atoms in total. The van der Waals surface area contributed by atoms with Crippen molar-refractivity contribution >= 4 is 17.5 Å². The number of hydrogen-bond donors (Lipinski definition) is 1. The van der Waals surface area contributed by atoms with Crippen LogP contribution in [0.15, 0.2) is 30.3 Å². The van der Waals surface area contributed by atoms with Crippen molar-refractivity contribution in [2.75, 3.05) is 5.88 Å². The highest BCUT2D eigenvalue weighted by molar-refractivity contribution is 6.18. The predicted molar refractivity (Wildman–Crippen MR) is 83.9 cm³/mol. The van der Waals surface area contributed by atoms with Gasteiger partial charge < -0.3 is 5.32 Å². The topological polar surface area (TPSA) is 29.1 Å². The first-order chi connectivity index (χ1) is 9.79. The Morgan fingerprint density at radius 3 is 2.55 bits per heavy atom. The molecule has 1 atom stereocenters. The monoisotopic (exact) mass is 293 g/mol. The second kappa shape index (κ2) is 8.31. The normalized spacial score (nSPS) is 17.6. The lowest BCUT2D eigenvalue weighted by Crippen LogP contribution is -2.29. The molecule has 1 aromatic rings. The Morgan fingerprint density at radius 1 is 1.20 bits per heavy atom. The van der Waals surface area contributed by atoms with E-state index >= 15 is 0 Å². The van der Waals surface area contributed by atoms with Gasteiger partial charge >= 0.3 is 0 Å². The molecule has 1 aliphatic rings. The number of nitrogens with one attached hydrogen (secondary N) is 1. The summed E-state index contributed by atoms with van der Waals surface area (Å²) < 4.78 is 0. The molecule has 0 heterocycles. The molecule has 1 unspecified atom stereocenters. The van der Waals surface area contributed by atoms with Crippen molar-refractivity contribution in [2.45, 2.75) is 51.0 Å². The summed E-state index contributed by atoms with van der Waals surface area (Å²) in [4.78, 5) is 12.1. The summed E-state index contributed by atoms with van der Waals surface area (Å²) in [7, 11) is 0. The van der Waals surface area contributed by atoms with Crippen LogP contribution in [0.2, 0.25) is 0 Å². The van der Waals surface area contributed by atoms with E-state index in [9.17, 15) is 4.79 Å². The van der Waals surface area contributed by atoms with Crippen LogP contribution in [0.25, 0.3) is 0 Å². The lowest BCUT2D eigenvalue weighted by molar-refractivity contribution is -0.122. The van der Waals surface area contributed by atoms with Gasteiger partial charge in [-0.25, -0.2) is 0 Å². The Balaban J connectivity index is 1.77. The first-order valence-electron chi connectivity index (χ1n) is 7.70. The lowest BCUT2D eigenvalue weighted by Gasteiger charge is -2.22. The molecule has 0 aromatic heterocycles. The minimum absolute atomic E-state index is 0.0725. The molecule has 20 heavy (non-hydrogen) atoms. The van der Waals surface area contributed by atoms with Crippen LogP contribution in [0.1, 0.15) is 56.6 Å². The Hall–Kier alpha value is -1.02. The number of halogens is 1. The molecule has 3 heteroatoms. The first-order valence-corrected chi connectivity index (χ1v) is 8.23. The molecule has 1 fully saturated rings. The van der Waals surface area contributed by atoms with Crippen molar-refractivity contribution in [2.24, 2.45) is 5.92 Å². The van der Waals surface area contributed by atoms with Crippen LogP contribution in [0.5, 0.6) is 0 Å². The highest BCUT2D eigenvalue weighted by Crippen LogP contribution is 2.27. The van der Waals surface area contributed by atoms with E-state index in [4.69, 9.17) is 11.6 Å². The van der Waals surface area contributed by atoms with Gasteiger partial charge in [0.1, 0.15) is 0 Å². The molecule has 1 amide bonds. The standard InChI is InChI=1S/C17H24ClNO/c18-13-16(15-9-5-2-6-10-15)19-17(20)12-11-14-7-3-1-4-8-14/h2,5-6,9-10,14,16H,1,3-4,7-8,11-13H2,(H,19,20). The third kappa shape index (κ3) is 4.82. The largest absolute Gasteiger partial charge is 0.348 e. The van der Waals surface area contributed by atoms with Crippen molar-refractivity contribution < 1.29 is 4.79 Å². The Kier molecular flexibility index (Phi) is 6.38. The fourth-order valence-corrected chi connectivity index (χ4v) is 3.23. The summed E-state index contributed by atoms with van der Waals surface area (Å²) in [6.45, 7) is 0. The van der Waals surface area contributed by atoms with Gasteiger partial charge in [0.25, 0.3) is 0 Å². The average Bonchev–Trinajstić information content (AvgIpc) is 2.52. The maximum absolute atomic E-state index is 12.1. The van der Waals surface area contributed by atoms with E-state index in [-0.39, 0.29) is 11.9 Å². The van der Waals surface area contributed by atoms with Crippen LogP contribution in [0, 0.1) is 5.92 Å². The highest BCUT2D eigenvalue weighted by atomic mass is 35.5. The maximum Gasteiger partial charge on any atom is 0.220 e. The third-order valence-electron chi connectivity index (χ3n) is 4.20. The second-order valence-corrected chi connectivity index (χ2v) is 6.04. The van der Waals surface area contributed by atoms with Gasteiger partial charge in [-0.2, -0.15) is 0 Å². The van der Waals surface area contributed by atoms with E-state index in [0.29, 0.717) is 12.3 Å². The highest BCUT2D eigenvalue weighted by Gasteiger charge is 2.17. The fraction of sp³-hybridized carbons (Fsp3) is 0.588. The zero-order valence-corrected chi connectivity index (χ0v) is 12.7. The first kappa shape index (κ1) is 15.4. The van der Waals surface area contributed by atoms with Crippen molar-refractivity contribution in [1.29, 1.82) is 0 Å². The Labute approximate surface area is 126 Å². The average molecular weight is 294 g/mol. The second-order valence-electron chi connectivity index (χ2n) is 5.73. The van der Waals surface area contributed by atoms with Gasteiger partial charge in [0, 0.05) is 12.3 Å². The third-order valence-corrected chi connectivity index (χ3v) is 4.50. The Morgan fingerprint density at radius 2 is 1.90 bits per heavy atom. The van der Waals surface area contributed by atoms with E-state index < -0.39 is 0 Å². The summed E-state index contributed by atoms with van der Waals surface area (Å²) in [5.74, 6) is 1.30. The van der Waals surface area contributed by atoms with Gasteiger partial charge in [0.15, 0.2) is 0 Å². The van der Waals surface area contributed by atoms with Gasteiger partial charge in [-0.15, -0.1) is 11.6 Å². The smallest absolute Gasteiger partial charge is 0.220 e. The molecule has 2 rings (SSSR count). The fourth-order valence-electron chi connectivity index (χ4n) is 2.97. The molecular formula is C17H24ClNO. The number of carbonyl (C=O) groups is 1. The number of rotatable bonds is 6. The van der Waals surface area contributed by atoms with Gasteiger partial charge in [-0.3, -0.25) is 4.79 Å². The number of alkyl halides is 1. The van der Waals surface area contributed by atoms with Gasteiger partial charge in [-0.1, -0.05) is 62.4 Å². The maximum atomic E-state index is 12.1. The van der Waals surface area contributed by atoms with Crippen LogP contribution in [-0.2, 0) is 4.79 Å². The SMILES string of the molecule is O=C(CCC1CCCCC1)NC(CCl)c1ccccc1. The van der Waals surface area contributed by atoms with Crippen LogP contribution in [0.4, 0.5) is 0 Å². The van der Waals surface area contributed by atoms with Crippen molar-refractivity contribution in [3.8, 4) is 0 Å². The number of hydrogen-bond acceptors (Lipinski definition) is 1. The number of benzene rings is 1. The summed E-state index contributed by atoms with van der Waals surface area (Å²) in [6, 6.07) is 9.87. The van der Waals surface area contributed by atoms with Crippen LogP contribution in [0.3, 0.4) is 0 Å². The van der Waals surface area contributed by atoms with E-state index in [2.05, 4.69) is 5.32 Å². The molecule has 1 N–H and O–H groups in total. The van der Waals surface area contributed by atoms with Crippen LogP contribution >= 0.6 is 11.6 Å². The van der Waals surface area contributed by atoms with Crippen molar-refractivity contribution in [3.63, 3.8) is 0 Å².